The fourth-order valence-corrected chi connectivity index (χ4v) is 3.69. The number of fused-ring (bicyclic) bond motifs is 1. The first kappa shape index (κ1) is 16.0. The molecule has 0 aliphatic heterocycles. The average molecular weight is 341 g/mol. The number of nitrogens with two attached hydrogens (primary N) is 1. The highest BCUT2D eigenvalue weighted by Crippen LogP contribution is 2.28. The molecule has 3 aromatic rings. The summed E-state index contributed by atoms with van der Waals surface area (Å²) in [6, 6.07) is 0.594. The Labute approximate surface area is 145 Å². The van der Waals surface area contributed by atoms with Crippen molar-refractivity contribution >= 4 is 16.9 Å². The number of aryl methyl sites for hydroxylation is 1. The van der Waals surface area contributed by atoms with Gasteiger partial charge in [0.1, 0.15) is 5.52 Å². The minimum Gasteiger partial charge on any atom is -0.379 e. The molecule has 1 aliphatic carbocycles. The number of anilines is 1. The summed E-state index contributed by atoms with van der Waals surface area (Å²) in [6.45, 7) is 3.61. The first-order chi connectivity index (χ1) is 12.3. The minimum atomic E-state index is 0.250. The van der Waals surface area contributed by atoms with Gasteiger partial charge in [0.15, 0.2) is 17.3 Å². The molecule has 8 nitrogen and oxygen atoms in total. The van der Waals surface area contributed by atoms with Crippen molar-refractivity contribution in [2.45, 2.75) is 58.2 Å². The van der Waals surface area contributed by atoms with Crippen molar-refractivity contribution < 1.29 is 4.63 Å². The van der Waals surface area contributed by atoms with E-state index >= 15 is 0 Å². The molecule has 0 atom stereocenters. The van der Waals surface area contributed by atoms with Gasteiger partial charge in [-0.05, 0) is 30.1 Å². The number of imidazole rings is 1. The maximum Gasteiger partial charge on any atom is 0.199 e. The van der Waals surface area contributed by atoms with Crippen LogP contribution in [0.5, 0.6) is 0 Å². The SMILES string of the molecule is CCn1c(-c2nonc2N)nc2cncc(CNC3CCCCC3)c21. The number of nitrogens with zero attached hydrogens (tertiary/aromatic N) is 5. The van der Waals surface area contributed by atoms with E-state index in [4.69, 9.17) is 10.4 Å². The lowest BCUT2D eigenvalue weighted by Gasteiger charge is -2.23. The zero-order valence-electron chi connectivity index (χ0n) is 14.4. The lowest BCUT2D eigenvalue weighted by atomic mass is 9.95. The molecule has 3 heterocycles. The smallest absolute Gasteiger partial charge is 0.199 e. The Morgan fingerprint density at radius 3 is 2.80 bits per heavy atom. The molecule has 0 saturated heterocycles. The molecule has 0 aromatic carbocycles. The summed E-state index contributed by atoms with van der Waals surface area (Å²) in [6.07, 6.45) is 10.2. The Kier molecular flexibility index (Phi) is 4.35. The van der Waals surface area contributed by atoms with Crippen molar-refractivity contribution in [1.29, 1.82) is 0 Å². The molecule has 1 aliphatic rings. The summed E-state index contributed by atoms with van der Waals surface area (Å²) in [7, 11) is 0. The molecule has 1 fully saturated rings. The monoisotopic (exact) mass is 341 g/mol. The van der Waals surface area contributed by atoms with Crippen LogP contribution in [0, 0.1) is 0 Å². The highest BCUT2D eigenvalue weighted by Gasteiger charge is 2.21. The molecule has 8 heteroatoms. The Hall–Kier alpha value is -2.48. The number of nitrogen functional groups attached to an aromatic ring is 1. The van der Waals surface area contributed by atoms with Crippen molar-refractivity contribution in [2.24, 2.45) is 0 Å². The lowest BCUT2D eigenvalue weighted by Crippen LogP contribution is -2.30. The van der Waals surface area contributed by atoms with Crippen molar-refractivity contribution in [3.63, 3.8) is 0 Å². The van der Waals surface area contributed by atoms with E-state index in [1.54, 1.807) is 6.20 Å². The molecule has 132 valence electrons. The van der Waals surface area contributed by atoms with E-state index in [0.29, 0.717) is 17.6 Å². The number of rotatable bonds is 5. The maximum atomic E-state index is 5.86. The fraction of sp³-hybridized carbons (Fsp3) is 0.529. The summed E-state index contributed by atoms with van der Waals surface area (Å²) >= 11 is 0. The van der Waals surface area contributed by atoms with Gasteiger partial charge in [0.2, 0.25) is 0 Å². The average Bonchev–Trinajstić information content (AvgIpc) is 3.23. The van der Waals surface area contributed by atoms with Gasteiger partial charge in [0.05, 0.1) is 11.7 Å². The third-order valence-electron chi connectivity index (χ3n) is 4.95. The molecule has 3 aromatic heterocycles. The van der Waals surface area contributed by atoms with Gasteiger partial charge < -0.3 is 15.6 Å². The van der Waals surface area contributed by atoms with Gasteiger partial charge in [-0.3, -0.25) is 4.98 Å². The second-order valence-electron chi connectivity index (χ2n) is 6.56. The number of nitrogens with one attached hydrogen (secondary N) is 1. The number of pyridine rings is 1. The third kappa shape index (κ3) is 2.97. The molecule has 25 heavy (non-hydrogen) atoms. The molecule has 0 spiro atoms. The van der Waals surface area contributed by atoms with Gasteiger partial charge in [-0.15, -0.1) is 0 Å². The Morgan fingerprint density at radius 2 is 2.08 bits per heavy atom. The predicted molar refractivity (Wildman–Crippen MR) is 94.6 cm³/mol. The summed E-state index contributed by atoms with van der Waals surface area (Å²) in [5, 5.41) is 11.3. The van der Waals surface area contributed by atoms with Crippen molar-refractivity contribution in [3.05, 3.63) is 18.0 Å². The molecular weight excluding hydrogens is 318 g/mol. The number of aromatic nitrogens is 5. The van der Waals surface area contributed by atoms with Crippen LogP contribution in [0.25, 0.3) is 22.6 Å². The number of hydrogen-bond acceptors (Lipinski definition) is 7. The van der Waals surface area contributed by atoms with Gasteiger partial charge in [-0.1, -0.05) is 19.3 Å². The highest BCUT2D eigenvalue weighted by molar-refractivity contribution is 5.83. The van der Waals surface area contributed by atoms with Crippen LogP contribution in [0.15, 0.2) is 17.0 Å². The van der Waals surface area contributed by atoms with Gasteiger partial charge >= 0.3 is 0 Å². The Balaban J connectivity index is 1.70. The zero-order chi connectivity index (χ0) is 17.2. The first-order valence-corrected chi connectivity index (χ1v) is 8.92. The minimum absolute atomic E-state index is 0.250. The molecule has 4 rings (SSSR count). The highest BCUT2D eigenvalue weighted by atomic mass is 16.6. The Bertz CT molecular complexity index is 863. The normalized spacial score (nSPS) is 15.9. The quantitative estimate of drug-likeness (QED) is 0.734. The van der Waals surface area contributed by atoms with E-state index in [-0.39, 0.29) is 5.82 Å². The van der Waals surface area contributed by atoms with Gasteiger partial charge in [0, 0.05) is 30.9 Å². The molecule has 0 amide bonds. The van der Waals surface area contributed by atoms with Crippen LogP contribution in [0.4, 0.5) is 5.82 Å². The fourth-order valence-electron chi connectivity index (χ4n) is 3.69. The lowest BCUT2D eigenvalue weighted by molar-refractivity contribution is 0.310. The zero-order valence-corrected chi connectivity index (χ0v) is 14.4. The van der Waals surface area contributed by atoms with Crippen molar-refractivity contribution in [3.8, 4) is 11.5 Å². The molecular formula is C17H23N7O. The van der Waals surface area contributed by atoms with Crippen LogP contribution in [0.2, 0.25) is 0 Å². The molecule has 1 saturated carbocycles. The molecule has 0 radical (unpaired) electrons. The van der Waals surface area contributed by atoms with Gasteiger partial charge in [0.25, 0.3) is 0 Å². The second kappa shape index (κ2) is 6.79. The van der Waals surface area contributed by atoms with Crippen LogP contribution in [0.1, 0.15) is 44.6 Å². The topological polar surface area (TPSA) is 108 Å². The van der Waals surface area contributed by atoms with Crippen LogP contribution in [0.3, 0.4) is 0 Å². The van der Waals surface area contributed by atoms with E-state index in [1.807, 2.05) is 6.20 Å². The van der Waals surface area contributed by atoms with E-state index in [1.165, 1.54) is 32.1 Å². The summed E-state index contributed by atoms with van der Waals surface area (Å²) in [5.41, 5.74) is 9.38. The van der Waals surface area contributed by atoms with E-state index in [0.717, 1.165) is 29.7 Å². The Morgan fingerprint density at radius 1 is 1.24 bits per heavy atom. The van der Waals surface area contributed by atoms with Crippen molar-refractivity contribution in [1.82, 2.24) is 30.2 Å². The van der Waals surface area contributed by atoms with Crippen molar-refractivity contribution in [2.75, 3.05) is 5.73 Å². The second-order valence-corrected chi connectivity index (χ2v) is 6.56. The number of hydrogen-bond donors (Lipinski definition) is 2. The third-order valence-corrected chi connectivity index (χ3v) is 4.95. The maximum absolute atomic E-state index is 5.86. The molecule has 0 bridgehead atoms. The van der Waals surface area contributed by atoms with E-state index in [2.05, 4.69) is 37.1 Å². The standard InChI is InChI=1S/C17H23N7O/c1-2-24-15-11(9-20-12-6-4-3-5-7-12)8-19-10-13(15)21-17(24)14-16(18)23-25-22-14/h8,10,12,20H,2-7,9H2,1H3,(H2,18,23). The van der Waals surface area contributed by atoms with Crippen LogP contribution >= 0.6 is 0 Å². The van der Waals surface area contributed by atoms with Gasteiger partial charge in [-0.25, -0.2) is 9.61 Å². The van der Waals surface area contributed by atoms with Crippen LogP contribution in [-0.2, 0) is 13.1 Å². The van der Waals surface area contributed by atoms with E-state index < -0.39 is 0 Å². The van der Waals surface area contributed by atoms with Gasteiger partial charge in [-0.2, -0.15) is 0 Å². The summed E-state index contributed by atoms with van der Waals surface area (Å²) in [5.74, 6) is 0.919. The first-order valence-electron chi connectivity index (χ1n) is 8.92. The summed E-state index contributed by atoms with van der Waals surface area (Å²) < 4.78 is 6.85. The molecule has 0 unspecified atom stereocenters. The van der Waals surface area contributed by atoms with Crippen LogP contribution in [-0.4, -0.2) is 30.9 Å². The summed E-state index contributed by atoms with van der Waals surface area (Å²) in [4.78, 5) is 9.03. The largest absolute Gasteiger partial charge is 0.379 e. The molecule has 3 N–H and O–H groups in total. The van der Waals surface area contributed by atoms with E-state index in [9.17, 15) is 0 Å². The predicted octanol–water partition coefficient (Wildman–Crippen LogP) is 2.51. The van der Waals surface area contributed by atoms with Crippen LogP contribution < -0.4 is 11.1 Å².